The quantitative estimate of drug-likeness (QED) is 0.318. The van der Waals surface area contributed by atoms with Gasteiger partial charge in [0.25, 0.3) is 0 Å². The van der Waals surface area contributed by atoms with E-state index in [0.717, 1.165) is 22.2 Å². The second kappa shape index (κ2) is 6.33. The normalized spacial score (nSPS) is 11.0. The summed E-state index contributed by atoms with van der Waals surface area (Å²) < 4.78 is 5.22. The Morgan fingerprint density at radius 1 is 1.19 bits per heavy atom. The van der Waals surface area contributed by atoms with Gasteiger partial charge in [0.2, 0.25) is 0 Å². The van der Waals surface area contributed by atoms with E-state index in [-0.39, 0.29) is 11.1 Å². The van der Waals surface area contributed by atoms with Gasteiger partial charge in [-0.3, -0.25) is 10.1 Å². The van der Waals surface area contributed by atoms with Crippen LogP contribution in [-0.2, 0) is 0 Å². The lowest BCUT2D eigenvalue weighted by Crippen LogP contribution is -2.03. The van der Waals surface area contributed by atoms with Gasteiger partial charge in [-0.05, 0) is 13.0 Å². The summed E-state index contributed by atoms with van der Waals surface area (Å²) in [6.07, 6.45) is 0. The third-order valence-corrected chi connectivity index (χ3v) is 5.00. The molecule has 4 aromatic rings. The smallest absolute Gasteiger partial charge is 0.345 e. The van der Waals surface area contributed by atoms with Crippen LogP contribution in [0.5, 0.6) is 5.75 Å². The van der Waals surface area contributed by atoms with Gasteiger partial charge in [0.05, 0.1) is 16.2 Å². The summed E-state index contributed by atoms with van der Waals surface area (Å²) in [5, 5.41) is 23.5. The molecule has 27 heavy (non-hydrogen) atoms. The highest BCUT2D eigenvalue weighted by Gasteiger charge is 2.18. The van der Waals surface area contributed by atoms with E-state index in [9.17, 15) is 20.0 Å². The molecule has 7 nitrogen and oxygen atoms in total. The lowest BCUT2D eigenvalue weighted by atomic mass is 10.1. The van der Waals surface area contributed by atoms with Crippen LogP contribution in [0, 0.1) is 17.0 Å². The predicted molar refractivity (Wildman–Crippen MR) is 102 cm³/mol. The number of phenols is 1. The van der Waals surface area contributed by atoms with E-state index in [1.807, 2.05) is 31.2 Å². The second-order valence-electron chi connectivity index (χ2n) is 5.99. The molecule has 8 heteroatoms. The molecule has 4 rings (SSSR count). The van der Waals surface area contributed by atoms with Crippen LogP contribution in [0.15, 0.2) is 57.1 Å². The molecule has 2 aromatic carbocycles. The van der Waals surface area contributed by atoms with E-state index in [2.05, 4.69) is 4.98 Å². The number of nitro groups is 1. The minimum atomic E-state index is -0.697. The zero-order valence-electron chi connectivity index (χ0n) is 14.0. The van der Waals surface area contributed by atoms with Gasteiger partial charge in [-0.15, -0.1) is 11.3 Å². The number of benzene rings is 2. The Bertz CT molecular complexity index is 1240. The average molecular weight is 380 g/mol. The Morgan fingerprint density at radius 2 is 1.93 bits per heavy atom. The largest absolute Gasteiger partial charge is 0.502 e. The first-order valence-corrected chi connectivity index (χ1v) is 8.78. The van der Waals surface area contributed by atoms with E-state index in [4.69, 9.17) is 4.42 Å². The number of aryl methyl sites for hydroxylation is 1. The molecule has 0 bridgehead atoms. The van der Waals surface area contributed by atoms with Gasteiger partial charge in [-0.2, -0.15) is 0 Å². The van der Waals surface area contributed by atoms with Crippen molar-refractivity contribution in [2.75, 3.05) is 0 Å². The third-order valence-electron chi connectivity index (χ3n) is 4.10. The van der Waals surface area contributed by atoms with Crippen LogP contribution in [0.25, 0.3) is 32.8 Å². The number of nitro benzene ring substituents is 1. The lowest BCUT2D eigenvalue weighted by molar-refractivity contribution is -0.385. The number of aromatic hydroxyl groups is 1. The van der Waals surface area contributed by atoms with Crippen molar-refractivity contribution in [2.45, 2.75) is 6.92 Å². The number of aromatic nitrogens is 1. The molecule has 2 heterocycles. The fourth-order valence-corrected chi connectivity index (χ4v) is 3.52. The molecule has 0 unspecified atom stereocenters. The van der Waals surface area contributed by atoms with E-state index < -0.39 is 22.0 Å². The first kappa shape index (κ1) is 16.9. The third kappa shape index (κ3) is 3.06. The van der Waals surface area contributed by atoms with Crippen LogP contribution in [0.2, 0.25) is 0 Å². The van der Waals surface area contributed by atoms with Gasteiger partial charge in [0, 0.05) is 28.5 Å². The molecule has 0 atom stereocenters. The highest BCUT2D eigenvalue weighted by atomic mass is 32.1. The summed E-state index contributed by atoms with van der Waals surface area (Å²) >= 11 is 1.39. The van der Waals surface area contributed by atoms with Crippen molar-refractivity contribution in [3.8, 4) is 27.6 Å². The molecule has 0 saturated heterocycles. The van der Waals surface area contributed by atoms with Crippen LogP contribution in [0.4, 0.5) is 5.69 Å². The maximum Gasteiger partial charge on any atom is 0.345 e. The van der Waals surface area contributed by atoms with Crippen LogP contribution >= 0.6 is 11.3 Å². The number of hydrogen-bond acceptors (Lipinski definition) is 7. The molecule has 1 N–H and O–H groups in total. The Hall–Kier alpha value is -3.52. The Kier molecular flexibility index (Phi) is 3.97. The number of nitrogens with zero attached hydrogens (tertiary/aromatic N) is 2. The predicted octanol–water partition coefficient (Wildman–Crippen LogP) is 4.51. The molecular weight excluding hydrogens is 368 g/mol. The summed E-state index contributed by atoms with van der Waals surface area (Å²) in [5.41, 5.74) is 1.69. The Balaban J connectivity index is 1.83. The minimum Gasteiger partial charge on any atom is -0.502 e. The summed E-state index contributed by atoms with van der Waals surface area (Å²) in [7, 11) is 0. The maximum atomic E-state index is 12.3. The zero-order chi connectivity index (χ0) is 19.1. The molecule has 2 aromatic heterocycles. The van der Waals surface area contributed by atoms with Crippen molar-refractivity contribution in [1.29, 1.82) is 0 Å². The van der Waals surface area contributed by atoms with E-state index >= 15 is 0 Å². The number of thiazole rings is 1. The van der Waals surface area contributed by atoms with Gasteiger partial charge in [0.1, 0.15) is 10.6 Å². The summed E-state index contributed by atoms with van der Waals surface area (Å²) in [5.74, 6) is -0.557. The standard InChI is InChI=1S/C19H12N2O5S/c1-10-2-4-11(5-3-10)18-20-14(9-27-18)13-6-12-7-15(21(24)25)16(22)8-17(12)26-19(13)23/h2-9,22H,1H3. The first-order valence-electron chi connectivity index (χ1n) is 7.90. The van der Waals surface area contributed by atoms with Crippen molar-refractivity contribution in [1.82, 2.24) is 4.98 Å². The van der Waals surface area contributed by atoms with Gasteiger partial charge in [-0.25, -0.2) is 9.78 Å². The molecule has 0 aliphatic rings. The zero-order valence-corrected chi connectivity index (χ0v) is 14.8. The van der Waals surface area contributed by atoms with E-state index in [1.165, 1.54) is 23.5 Å². The molecule has 0 saturated carbocycles. The average Bonchev–Trinajstić information content (AvgIpc) is 3.11. The molecule has 0 amide bonds. The van der Waals surface area contributed by atoms with E-state index in [0.29, 0.717) is 11.1 Å². The molecule has 134 valence electrons. The topological polar surface area (TPSA) is 106 Å². The molecule has 0 aliphatic heterocycles. The van der Waals surface area contributed by atoms with Crippen LogP contribution in [-0.4, -0.2) is 15.0 Å². The fourth-order valence-electron chi connectivity index (χ4n) is 2.70. The van der Waals surface area contributed by atoms with Gasteiger partial charge < -0.3 is 9.52 Å². The highest BCUT2D eigenvalue weighted by molar-refractivity contribution is 7.13. The lowest BCUT2D eigenvalue weighted by Gasteiger charge is -2.02. The van der Waals surface area contributed by atoms with Crippen LogP contribution < -0.4 is 5.63 Å². The van der Waals surface area contributed by atoms with Crippen molar-refractivity contribution in [3.05, 3.63) is 73.9 Å². The van der Waals surface area contributed by atoms with Crippen LogP contribution in [0.1, 0.15) is 5.56 Å². The molecule has 0 fully saturated rings. The Morgan fingerprint density at radius 3 is 2.63 bits per heavy atom. The van der Waals surface area contributed by atoms with E-state index in [1.54, 1.807) is 5.38 Å². The van der Waals surface area contributed by atoms with Gasteiger partial charge in [0.15, 0.2) is 5.75 Å². The molecule has 0 aliphatic carbocycles. The van der Waals surface area contributed by atoms with Crippen molar-refractivity contribution in [3.63, 3.8) is 0 Å². The molecule has 0 radical (unpaired) electrons. The molecular formula is C19H12N2O5S. The maximum absolute atomic E-state index is 12.3. The monoisotopic (exact) mass is 380 g/mol. The summed E-state index contributed by atoms with van der Waals surface area (Å²) in [6.45, 7) is 1.99. The fraction of sp³-hybridized carbons (Fsp3) is 0.0526. The second-order valence-corrected chi connectivity index (χ2v) is 6.85. The number of fused-ring (bicyclic) bond motifs is 1. The SMILES string of the molecule is Cc1ccc(-c2nc(-c3cc4cc([N+](=O)[O-])c(O)cc4oc3=O)cs2)cc1. The summed E-state index contributed by atoms with van der Waals surface area (Å²) in [4.78, 5) is 27.2. The van der Waals surface area contributed by atoms with Crippen molar-refractivity contribution in [2.24, 2.45) is 0 Å². The highest BCUT2D eigenvalue weighted by Crippen LogP contribution is 2.33. The van der Waals surface area contributed by atoms with Crippen LogP contribution in [0.3, 0.4) is 0 Å². The molecule has 0 spiro atoms. The van der Waals surface area contributed by atoms with Gasteiger partial charge in [-0.1, -0.05) is 29.8 Å². The number of hydrogen-bond donors (Lipinski definition) is 1. The number of rotatable bonds is 3. The summed E-state index contributed by atoms with van der Waals surface area (Å²) in [6, 6.07) is 11.6. The Labute approximate surface area is 156 Å². The van der Waals surface area contributed by atoms with Crippen molar-refractivity contribution < 1.29 is 14.4 Å². The first-order chi connectivity index (χ1) is 12.9. The van der Waals surface area contributed by atoms with Crippen molar-refractivity contribution >= 4 is 28.0 Å². The van der Waals surface area contributed by atoms with Gasteiger partial charge >= 0.3 is 11.3 Å². The number of phenolic OH excluding ortho intramolecular Hbond substituents is 1. The minimum absolute atomic E-state index is 0.0702.